The number of hydrogen-bond acceptors (Lipinski definition) is 11. The van der Waals surface area contributed by atoms with Crippen LogP contribution in [0.5, 0.6) is 0 Å². The summed E-state index contributed by atoms with van der Waals surface area (Å²) in [5.74, 6) is -2.24. The number of nitrogens with one attached hydrogen (secondary N) is 2. The molecule has 2 saturated heterocycles. The Balaban J connectivity index is 1.44. The van der Waals surface area contributed by atoms with E-state index in [1.54, 1.807) is 26.8 Å². The molecule has 3 unspecified atom stereocenters. The summed E-state index contributed by atoms with van der Waals surface area (Å²) in [4.78, 5) is 63.8. The van der Waals surface area contributed by atoms with Gasteiger partial charge in [-0.3, -0.25) is 30.8 Å². The fraction of sp³-hybridized carbons (Fsp3) is 0.481. The summed E-state index contributed by atoms with van der Waals surface area (Å²) >= 11 is 1.17. The molecule has 0 bridgehead atoms. The molecule has 4 rings (SSSR count). The molecule has 0 saturated carbocycles. The van der Waals surface area contributed by atoms with Crippen LogP contribution in [0.1, 0.15) is 39.2 Å². The van der Waals surface area contributed by atoms with Gasteiger partial charge in [0.2, 0.25) is 5.91 Å². The number of amides is 3. The molecule has 1 aliphatic carbocycles. The lowest BCUT2D eigenvalue weighted by molar-refractivity contribution is -0.384. The van der Waals surface area contributed by atoms with Gasteiger partial charge in [0.1, 0.15) is 23.6 Å². The molecular weight excluding hydrogens is 570 g/mol. The minimum absolute atomic E-state index is 0.0813. The van der Waals surface area contributed by atoms with E-state index < -0.39 is 63.6 Å². The number of β-lactam (4-membered cyclic amide) rings is 1. The largest absolute Gasteiger partial charge is 0.459 e. The first kappa shape index (κ1) is 31.0. The van der Waals surface area contributed by atoms with E-state index in [0.717, 1.165) is 4.90 Å². The molecule has 1 aromatic carbocycles. The van der Waals surface area contributed by atoms with E-state index in [9.17, 15) is 34.4 Å². The Morgan fingerprint density at radius 2 is 1.90 bits per heavy atom. The van der Waals surface area contributed by atoms with Gasteiger partial charge < -0.3 is 24.8 Å². The number of aliphatic hydroxyl groups excluding tert-OH is 1. The van der Waals surface area contributed by atoms with Crippen LogP contribution >= 0.6 is 11.8 Å². The molecule has 0 radical (unpaired) electrons. The zero-order chi connectivity index (χ0) is 30.8. The minimum Gasteiger partial charge on any atom is -0.459 e. The van der Waals surface area contributed by atoms with Crippen LogP contribution in [0.3, 0.4) is 0 Å². The quantitative estimate of drug-likeness (QED) is 0.0831. The number of rotatable bonds is 8. The highest BCUT2D eigenvalue weighted by Crippen LogP contribution is 2.39. The lowest BCUT2D eigenvalue weighted by atomic mass is 9.91. The summed E-state index contributed by atoms with van der Waals surface area (Å²) in [6.07, 6.45) is 4.05. The number of nitrogens with zero attached hydrogens (tertiary/aromatic N) is 2. The highest BCUT2D eigenvalue weighted by Gasteiger charge is 2.59. The second-order valence-corrected chi connectivity index (χ2v) is 12.2. The van der Waals surface area contributed by atoms with Crippen molar-refractivity contribution >= 4 is 41.3 Å². The smallest absolute Gasteiger partial charge is 0.409 e. The van der Waals surface area contributed by atoms with Crippen molar-refractivity contribution in [2.24, 2.45) is 5.73 Å². The number of fused-ring (bicyclic) bond motifs is 1. The number of hydrogen-bond donors (Lipinski definition) is 4. The Kier molecular flexibility index (Phi) is 8.94. The minimum atomic E-state index is -2.02. The van der Waals surface area contributed by atoms with E-state index in [4.69, 9.17) is 15.2 Å². The molecule has 1 aromatic rings. The van der Waals surface area contributed by atoms with Crippen LogP contribution in [0.4, 0.5) is 10.5 Å². The zero-order valence-corrected chi connectivity index (χ0v) is 24.1. The van der Waals surface area contributed by atoms with E-state index in [1.807, 2.05) is 12.2 Å². The molecule has 3 aliphatic rings. The van der Waals surface area contributed by atoms with Crippen molar-refractivity contribution in [2.45, 2.75) is 75.0 Å². The SMILES string of the molecule is CC(C)(C)OC(=O)NC(N)(C(=O)N[C@@H]1C(=O)N2C(C(=O)OCc3ccc([N+](=O)[O-])cc3)C(O)CS[C@@H]12)C1=CCC=CC1. The summed E-state index contributed by atoms with van der Waals surface area (Å²) in [7, 11) is 0. The number of benzene rings is 1. The van der Waals surface area contributed by atoms with Crippen molar-refractivity contribution in [3.8, 4) is 0 Å². The molecule has 14 nitrogen and oxygen atoms in total. The average Bonchev–Trinajstić information content (AvgIpc) is 2.93. The molecule has 5 atom stereocenters. The number of carbonyl (C=O) groups is 4. The van der Waals surface area contributed by atoms with Crippen molar-refractivity contribution < 1.29 is 38.7 Å². The summed E-state index contributed by atoms with van der Waals surface area (Å²) in [6, 6.07) is 3.01. The molecule has 0 spiro atoms. The first-order valence-electron chi connectivity index (χ1n) is 13.2. The van der Waals surface area contributed by atoms with Gasteiger partial charge in [0.25, 0.3) is 11.6 Å². The molecule has 226 valence electrons. The van der Waals surface area contributed by atoms with Crippen LogP contribution < -0.4 is 16.4 Å². The summed E-state index contributed by atoms with van der Waals surface area (Å²) in [5, 5.41) is 25.8. The number of nitrogens with two attached hydrogens (primary N) is 1. The Morgan fingerprint density at radius 3 is 2.50 bits per heavy atom. The maximum atomic E-state index is 13.6. The van der Waals surface area contributed by atoms with Crippen molar-refractivity contribution in [1.82, 2.24) is 15.5 Å². The van der Waals surface area contributed by atoms with E-state index >= 15 is 0 Å². The average molecular weight is 604 g/mol. The number of nitro benzene ring substituents is 1. The normalized spacial score (nSPS) is 24.7. The van der Waals surface area contributed by atoms with Gasteiger partial charge in [0.15, 0.2) is 11.7 Å². The lowest BCUT2D eigenvalue weighted by Gasteiger charge is -2.53. The molecule has 5 N–H and O–H groups in total. The molecule has 2 heterocycles. The van der Waals surface area contributed by atoms with Gasteiger partial charge in [-0.1, -0.05) is 18.2 Å². The maximum absolute atomic E-state index is 13.6. The van der Waals surface area contributed by atoms with E-state index in [1.165, 1.54) is 36.0 Å². The fourth-order valence-electron chi connectivity index (χ4n) is 4.71. The van der Waals surface area contributed by atoms with Crippen LogP contribution in [0.15, 0.2) is 48.1 Å². The predicted molar refractivity (Wildman–Crippen MR) is 150 cm³/mol. The molecule has 15 heteroatoms. The standard InChI is InChI=1S/C27H33N5O9S/c1-26(2,3)41-25(37)30-27(28,16-7-5-4-6-8-16)24(36)29-19-21(34)31-20(18(33)14-42-22(19)31)23(35)40-13-15-9-11-17(12-10-15)32(38)39/h4-5,8-12,18-20,22,33H,6-7,13-14,28H2,1-3H3,(H,29,36)(H,30,37)/t18?,19-,20?,22+,27?/m1/s1. The summed E-state index contributed by atoms with van der Waals surface area (Å²) in [6.45, 7) is 4.76. The fourth-order valence-corrected chi connectivity index (χ4v) is 6.06. The first-order valence-corrected chi connectivity index (χ1v) is 14.2. The number of aliphatic hydroxyl groups is 1. The molecule has 2 fully saturated rings. The van der Waals surface area contributed by atoms with Crippen molar-refractivity contribution in [2.75, 3.05) is 5.75 Å². The molecular formula is C27H33N5O9S. The van der Waals surface area contributed by atoms with Crippen LogP contribution in [0.25, 0.3) is 0 Å². The second-order valence-electron chi connectivity index (χ2n) is 11.0. The summed E-state index contributed by atoms with van der Waals surface area (Å²) in [5.41, 5.74) is 4.39. The predicted octanol–water partition coefficient (Wildman–Crippen LogP) is 1.22. The van der Waals surface area contributed by atoms with E-state index in [2.05, 4.69) is 10.6 Å². The highest BCUT2D eigenvalue weighted by molar-refractivity contribution is 8.00. The molecule has 42 heavy (non-hydrogen) atoms. The Morgan fingerprint density at radius 1 is 1.21 bits per heavy atom. The second kappa shape index (κ2) is 12.1. The number of nitro groups is 1. The third-order valence-corrected chi connectivity index (χ3v) is 8.18. The van der Waals surface area contributed by atoms with Gasteiger partial charge in [-0.05, 0) is 56.9 Å². The number of ether oxygens (including phenoxy) is 2. The highest BCUT2D eigenvalue weighted by atomic mass is 32.2. The number of esters is 1. The number of allylic oxidation sites excluding steroid dienone is 3. The van der Waals surface area contributed by atoms with Gasteiger partial charge in [-0.2, -0.15) is 0 Å². The summed E-state index contributed by atoms with van der Waals surface area (Å²) < 4.78 is 10.6. The number of alkyl carbamates (subject to hydrolysis) is 1. The molecule has 0 aromatic heterocycles. The topological polar surface area (TPSA) is 203 Å². The van der Waals surface area contributed by atoms with Gasteiger partial charge in [-0.15, -0.1) is 11.8 Å². The van der Waals surface area contributed by atoms with E-state index in [-0.39, 0.29) is 24.5 Å². The molecule has 3 amide bonds. The molecule has 2 aliphatic heterocycles. The Hall–Kier alpha value is -3.95. The van der Waals surface area contributed by atoms with Crippen LogP contribution in [0.2, 0.25) is 0 Å². The van der Waals surface area contributed by atoms with Gasteiger partial charge in [-0.25, -0.2) is 9.59 Å². The third-order valence-electron chi connectivity index (χ3n) is 6.81. The van der Waals surface area contributed by atoms with Gasteiger partial charge >= 0.3 is 12.1 Å². The van der Waals surface area contributed by atoms with Crippen LogP contribution in [0, 0.1) is 10.1 Å². The maximum Gasteiger partial charge on any atom is 0.409 e. The first-order chi connectivity index (χ1) is 19.7. The number of carbonyl (C=O) groups excluding carboxylic acids is 4. The van der Waals surface area contributed by atoms with Crippen LogP contribution in [-0.4, -0.2) is 79.4 Å². The monoisotopic (exact) mass is 603 g/mol. The van der Waals surface area contributed by atoms with Crippen molar-refractivity contribution in [3.63, 3.8) is 0 Å². The number of thioether (sulfide) groups is 1. The van der Waals surface area contributed by atoms with Crippen LogP contribution in [-0.2, 0) is 30.5 Å². The lowest BCUT2D eigenvalue weighted by Crippen LogP contribution is -2.79. The Bertz CT molecular complexity index is 1330. The van der Waals surface area contributed by atoms with Gasteiger partial charge in [0.05, 0.1) is 11.0 Å². The van der Waals surface area contributed by atoms with E-state index in [0.29, 0.717) is 17.6 Å². The third kappa shape index (κ3) is 6.58. The zero-order valence-electron chi connectivity index (χ0n) is 23.3. The van der Waals surface area contributed by atoms with Gasteiger partial charge in [0, 0.05) is 17.9 Å². The van der Waals surface area contributed by atoms with Crippen molar-refractivity contribution in [1.29, 1.82) is 0 Å². The van der Waals surface area contributed by atoms with Crippen molar-refractivity contribution in [3.05, 3.63) is 63.7 Å². The number of non-ortho nitro benzene ring substituents is 1. The Labute approximate surface area is 245 Å².